The summed E-state index contributed by atoms with van der Waals surface area (Å²) in [6, 6.07) is 10.5. The fourth-order valence-corrected chi connectivity index (χ4v) is 2.32. The van der Waals surface area contributed by atoms with Crippen molar-refractivity contribution in [3.63, 3.8) is 0 Å². The van der Waals surface area contributed by atoms with E-state index in [2.05, 4.69) is 10.4 Å². The summed E-state index contributed by atoms with van der Waals surface area (Å²) in [6.45, 7) is 3.66. The van der Waals surface area contributed by atoms with Crippen LogP contribution >= 0.6 is 0 Å². The summed E-state index contributed by atoms with van der Waals surface area (Å²) in [5.74, 6) is -0.514. The Balaban J connectivity index is 2.36. The third-order valence-electron chi connectivity index (χ3n) is 3.63. The van der Waals surface area contributed by atoms with E-state index < -0.39 is 11.3 Å². The molecule has 0 bridgehead atoms. The standard InChI is InChI=1S/C17H21N3O3/c1-3-13(9-10-21)18-17(23)16-15(22)11-12(2)20(19-16)14-7-5-4-6-8-14/h4-8,11,13,21H,3,9-10H2,1-2H3,(H,18,23). The molecule has 6 nitrogen and oxygen atoms in total. The van der Waals surface area contributed by atoms with Crippen molar-refractivity contribution in [3.8, 4) is 5.69 Å². The molecule has 1 unspecified atom stereocenters. The number of carbonyl (C=O) groups is 1. The first kappa shape index (κ1) is 16.9. The molecule has 1 heterocycles. The molecular weight excluding hydrogens is 294 g/mol. The van der Waals surface area contributed by atoms with E-state index in [4.69, 9.17) is 5.11 Å². The van der Waals surface area contributed by atoms with E-state index in [1.165, 1.54) is 6.07 Å². The monoisotopic (exact) mass is 315 g/mol. The van der Waals surface area contributed by atoms with Crippen molar-refractivity contribution in [1.29, 1.82) is 0 Å². The predicted molar refractivity (Wildman–Crippen MR) is 87.8 cm³/mol. The first-order valence-corrected chi connectivity index (χ1v) is 7.65. The smallest absolute Gasteiger partial charge is 0.276 e. The number of hydrogen-bond donors (Lipinski definition) is 2. The van der Waals surface area contributed by atoms with Gasteiger partial charge in [-0.2, -0.15) is 5.10 Å². The third kappa shape index (κ3) is 4.04. The van der Waals surface area contributed by atoms with Gasteiger partial charge < -0.3 is 10.4 Å². The number of amides is 1. The molecule has 2 aromatic rings. The molecule has 6 heteroatoms. The predicted octanol–water partition coefficient (Wildman–Crippen LogP) is 1.43. The lowest BCUT2D eigenvalue weighted by atomic mass is 10.1. The second-order valence-corrected chi connectivity index (χ2v) is 5.34. The number of aliphatic hydroxyl groups is 1. The number of aromatic nitrogens is 2. The summed E-state index contributed by atoms with van der Waals surface area (Å²) in [5, 5.41) is 16.0. The highest BCUT2D eigenvalue weighted by Gasteiger charge is 2.18. The molecule has 0 aliphatic carbocycles. The van der Waals surface area contributed by atoms with Crippen molar-refractivity contribution >= 4 is 5.91 Å². The topological polar surface area (TPSA) is 84.2 Å². The van der Waals surface area contributed by atoms with Crippen molar-refractivity contribution < 1.29 is 9.90 Å². The van der Waals surface area contributed by atoms with Gasteiger partial charge in [0, 0.05) is 24.4 Å². The van der Waals surface area contributed by atoms with Gasteiger partial charge in [-0.15, -0.1) is 0 Å². The van der Waals surface area contributed by atoms with Crippen LogP contribution in [0.1, 0.15) is 35.9 Å². The maximum Gasteiger partial charge on any atom is 0.276 e. The van der Waals surface area contributed by atoms with Crippen LogP contribution in [0.4, 0.5) is 0 Å². The molecule has 23 heavy (non-hydrogen) atoms. The Bertz CT molecular complexity index is 726. The van der Waals surface area contributed by atoms with Crippen LogP contribution in [0.25, 0.3) is 5.69 Å². The van der Waals surface area contributed by atoms with Crippen LogP contribution in [-0.2, 0) is 0 Å². The van der Waals surface area contributed by atoms with Crippen LogP contribution in [0.2, 0.25) is 0 Å². The van der Waals surface area contributed by atoms with Crippen LogP contribution in [0.5, 0.6) is 0 Å². The van der Waals surface area contributed by atoms with Gasteiger partial charge in [0.05, 0.1) is 5.69 Å². The van der Waals surface area contributed by atoms with Crippen LogP contribution in [0.15, 0.2) is 41.2 Å². The molecular formula is C17H21N3O3. The number of nitrogens with one attached hydrogen (secondary N) is 1. The molecule has 0 fully saturated rings. The molecule has 0 aliphatic heterocycles. The number of aliphatic hydroxyl groups excluding tert-OH is 1. The van der Waals surface area contributed by atoms with Gasteiger partial charge in [-0.1, -0.05) is 25.1 Å². The molecule has 1 aromatic carbocycles. The van der Waals surface area contributed by atoms with Crippen molar-refractivity contribution in [2.45, 2.75) is 32.7 Å². The second kappa shape index (κ2) is 7.69. The molecule has 1 atom stereocenters. The zero-order valence-corrected chi connectivity index (χ0v) is 13.3. The van der Waals surface area contributed by atoms with E-state index in [9.17, 15) is 9.59 Å². The second-order valence-electron chi connectivity index (χ2n) is 5.34. The summed E-state index contributed by atoms with van der Waals surface area (Å²) >= 11 is 0. The zero-order valence-electron chi connectivity index (χ0n) is 13.3. The average molecular weight is 315 g/mol. The summed E-state index contributed by atoms with van der Waals surface area (Å²) in [5.41, 5.74) is 0.878. The number of aryl methyl sites for hydroxylation is 1. The molecule has 2 rings (SSSR count). The first-order chi connectivity index (χ1) is 11.1. The third-order valence-corrected chi connectivity index (χ3v) is 3.63. The molecule has 0 aliphatic rings. The van der Waals surface area contributed by atoms with Gasteiger partial charge in [0.15, 0.2) is 5.69 Å². The number of para-hydroxylation sites is 1. The van der Waals surface area contributed by atoms with E-state index >= 15 is 0 Å². The van der Waals surface area contributed by atoms with Crippen LogP contribution < -0.4 is 10.7 Å². The summed E-state index contributed by atoms with van der Waals surface area (Å²) < 4.78 is 1.57. The maximum atomic E-state index is 12.3. The fraction of sp³-hybridized carbons (Fsp3) is 0.353. The van der Waals surface area contributed by atoms with Crippen LogP contribution in [-0.4, -0.2) is 33.4 Å². The highest BCUT2D eigenvalue weighted by Crippen LogP contribution is 2.08. The number of hydrogen-bond acceptors (Lipinski definition) is 4. The lowest BCUT2D eigenvalue weighted by Crippen LogP contribution is -2.39. The molecule has 2 N–H and O–H groups in total. The Hall–Kier alpha value is -2.47. The fourth-order valence-electron chi connectivity index (χ4n) is 2.32. The van der Waals surface area contributed by atoms with Crippen LogP contribution in [0, 0.1) is 6.92 Å². The zero-order chi connectivity index (χ0) is 16.8. The first-order valence-electron chi connectivity index (χ1n) is 7.65. The lowest BCUT2D eigenvalue weighted by Gasteiger charge is -2.16. The Labute approximate surface area is 134 Å². The van der Waals surface area contributed by atoms with E-state index in [1.54, 1.807) is 11.6 Å². The van der Waals surface area contributed by atoms with Gasteiger partial charge in [-0.3, -0.25) is 9.59 Å². The van der Waals surface area contributed by atoms with Gasteiger partial charge in [0.1, 0.15) is 0 Å². The SMILES string of the molecule is CCC(CCO)NC(=O)c1nn(-c2ccccc2)c(C)cc1=O. The van der Waals surface area contributed by atoms with Gasteiger partial charge in [0.25, 0.3) is 5.91 Å². The molecule has 0 saturated carbocycles. The minimum absolute atomic E-state index is 0.0195. The van der Waals surface area contributed by atoms with Crippen molar-refractivity contribution in [2.75, 3.05) is 6.61 Å². The average Bonchev–Trinajstić information content (AvgIpc) is 2.55. The van der Waals surface area contributed by atoms with Crippen molar-refractivity contribution in [2.24, 2.45) is 0 Å². The molecule has 0 spiro atoms. The van der Waals surface area contributed by atoms with Gasteiger partial charge in [0.2, 0.25) is 5.43 Å². The Morgan fingerprint density at radius 3 is 2.65 bits per heavy atom. The van der Waals surface area contributed by atoms with Crippen molar-refractivity contribution in [3.05, 3.63) is 58.0 Å². The molecule has 1 aromatic heterocycles. The van der Waals surface area contributed by atoms with E-state index in [-0.39, 0.29) is 18.3 Å². The normalized spacial score (nSPS) is 12.0. The highest BCUT2D eigenvalue weighted by molar-refractivity contribution is 5.92. The number of rotatable bonds is 6. The largest absolute Gasteiger partial charge is 0.396 e. The quantitative estimate of drug-likeness (QED) is 0.844. The minimum atomic E-state index is -0.514. The van der Waals surface area contributed by atoms with Gasteiger partial charge in [-0.05, 0) is 31.9 Å². The Kier molecular flexibility index (Phi) is 5.65. The number of nitrogens with zero attached hydrogens (tertiary/aromatic N) is 2. The highest BCUT2D eigenvalue weighted by atomic mass is 16.3. The van der Waals surface area contributed by atoms with E-state index in [1.807, 2.05) is 37.3 Å². The maximum absolute atomic E-state index is 12.3. The van der Waals surface area contributed by atoms with E-state index in [0.29, 0.717) is 18.5 Å². The molecule has 0 radical (unpaired) electrons. The summed E-state index contributed by atoms with van der Waals surface area (Å²) in [4.78, 5) is 24.4. The van der Waals surface area contributed by atoms with Gasteiger partial charge in [-0.25, -0.2) is 4.68 Å². The molecule has 0 saturated heterocycles. The summed E-state index contributed by atoms with van der Waals surface area (Å²) in [7, 11) is 0. The van der Waals surface area contributed by atoms with Gasteiger partial charge >= 0.3 is 0 Å². The lowest BCUT2D eigenvalue weighted by molar-refractivity contribution is 0.0921. The minimum Gasteiger partial charge on any atom is -0.396 e. The Morgan fingerprint density at radius 1 is 1.35 bits per heavy atom. The summed E-state index contributed by atoms with van der Waals surface area (Å²) in [6.07, 6.45) is 1.12. The number of benzene rings is 1. The Morgan fingerprint density at radius 2 is 2.04 bits per heavy atom. The van der Waals surface area contributed by atoms with Crippen molar-refractivity contribution in [1.82, 2.24) is 15.1 Å². The van der Waals surface area contributed by atoms with E-state index in [0.717, 1.165) is 5.69 Å². The number of carbonyl (C=O) groups excluding carboxylic acids is 1. The van der Waals surface area contributed by atoms with Crippen LogP contribution in [0.3, 0.4) is 0 Å². The molecule has 1 amide bonds. The molecule has 122 valence electrons.